The molecule has 0 fully saturated rings. The fourth-order valence-electron chi connectivity index (χ4n) is 1.42. The van der Waals surface area contributed by atoms with Crippen molar-refractivity contribution in [2.24, 2.45) is 0 Å². The molecule has 4 heteroatoms. The number of nitrogens with zero attached hydrogens (tertiary/aromatic N) is 1. The molecule has 3 nitrogen and oxygen atoms in total. The zero-order valence-corrected chi connectivity index (χ0v) is 10.2. The molecule has 2 rings (SSSR count). The highest BCUT2D eigenvalue weighted by Gasteiger charge is 2.05. The molecule has 16 heavy (non-hydrogen) atoms. The lowest BCUT2D eigenvalue weighted by molar-refractivity contribution is 0.309. The lowest BCUT2D eigenvalue weighted by Gasteiger charge is -2.04. The van der Waals surface area contributed by atoms with E-state index in [1.807, 2.05) is 38.1 Å². The van der Waals surface area contributed by atoms with Crippen molar-refractivity contribution >= 4 is 17.0 Å². The smallest absolute Gasteiger partial charge is 0.124 e. The van der Waals surface area contributed by atoms with Crippen LogP contribution < -0.4 is 10.5 Å². The molecule has 0 saturated carbocycles. The second-order valence-electron chi connectivity index (χ2n) is 3.60. The van der Waals surface area contributed by atoms with E-state index in [4.69, 9.17) is 10.5 Å². The molecule has 0 amide bonds. The molecule has 0 aliphatic heterocycles. The molecule has 0 radical (unpaired) electrons. The van der Waals surface area contributed by atoms with Gasteiger partial charge in [-0.05, 0) is 38.1 Å². The van der Waals surface area contributed by atoms with Crippen LogP contribution in [0.1, 0.15) is 15.6 Å². The van der Waals surface area contributed by atoms with Gasteiger partial charge < -0.3 is 10.5 Å². The predicted octanol–water partition coefficient (Wildman–Crippen LogP) is 2.92. The van der Waals surface area contributed by atoms with Crippen LogP contribution >= 0.6 is 11.3 Å². The molecule has 0 aliphatic rings. The van der Waals surface area contributed by atoms with Gasteiger partial charge in [0.2, 0.25) is 0 Å². The van der Waals surface area contributed by atoms with Gasteiger partial charge in [0.1, 0.15) is 12.4 Å². The number of benzene rings is 1. The Kier molecular flexibility index (Phi) is 3.10. The molecular formula is C12H14N2OS. The molecule has 1 aromatic carbocycles. The van der Waals surface area contributed by atoms with Crippen molar-refractivity contribution < 1.29 is 4.74 Å². The minimum absolute atomic E-state index is 0.571. The number of ether oxygens (including phenoxy) is 1. The van der Waals surface area contributed by atoms with Gasteiger partial charge in [-0.15, -0.1) is 11.3 Å². The lowest BCUT2D eigenvalue weighted by Crippen LogP contribution is -1.95. The van der Waals surface area contributed by atoms with Crippen molar-refractivity contribution in [3.8, 4) is 5.75 Å². The van der Waals surface area contributed by atoms with Gasteiger partial charge in [-0.25, -0.2) is 4.98 Å². The zero-order chi connectivity index (χ0) is 11.5. The van der Waals surface area contributed by atoms with E-state index in [9.17, 15) is 0 Å². The van der Waals surface area contributed by atoms with E-state index in [2.05, 4.69) is 4.98 Å². The third kappa shape index (κ3) is 2.52. The molecule has 0 bridgehead atoms. The molecule has 0 saturated heterocycles. The number of hydrogen-bond donors (Lipinski definition) is 1. The van der Waals surface area contributed by atoms with Gasteiger partial charge in [0.25, 0.3) is 0 Å². The number of thiazole rings is 1. The Bertz CT molecular complexity index is 476. The molecule has 2 N–H and O–H groups in total. The van der Waals surface area contributed by atoms with Gasteiger partial charge >= 0.3 is 0 Å². The third-order valence-corrected chi connectivity index (χ3v) is 3.30. The van der Waals surface area contributed by atoms with Crippen LogP contribution in [0.2, 0.25) is 0 Å². The van der Waals surface area contributed by atoms with Crippen molar-refractivity contribution in [2.45, 2.75) is 20.5 Å². The number of nitrogen functional groups attached to an aromatic ring is 1. The number of hydrogen-bond acceptors (Lipinski definition) is 4. The monoisotopic (exact) mass is 234 g/mol. The highest BCUT2D eigenvalue weighted by molar-refractivity contribution is 7.11. The first-order valence-corrected chi connectivity index (χ1v) is 5.88. The van der Waals surface area contributed by atoms with E-state index in [0.29, 0.717) is 6.61 Å². The second-order valence-corrected chi connectivity index (χ2v) is 4.89. The van der Waals surface area contributed by atoms with Crippen molar-refractivity contribution in [3.05, 3.63) is 39.8 Å². The first-order chi connectivity index (χ1) is 7.65. The zero-order valence-electron chi connectivity index (χ0n) is 9.36. The van der Waals surface area contributed by atoms with Crippen molar-refractivity contribution in [3.63, 3.8) is 0 Å². The number of anilines is 1. The Morgan fingerprint density at radius 2 is 1.94 bits per heavy atom. The second kappa shape index (κ2) is 4.53. The van der Waals surface area contributed by atoms with Gasteiger partial charge in [0.15, 0.2) is 0 Å². The van der Waals surface area contributed by atoms with E-state index < -0.39 is 0 Å². The molecule has 1 aromatic heterocycles. The van der Waals surface area contributed by atoms with Gasteiger partial charge in [-0.1, -0.05) is 0 Å². The minimum atomic E-state index is 0.571. The van der Waals surface area contributed by atoms with E-state index in [0.717, 1.165) is 22.1 Å². The quantitative estimate of drug-likeness (QED) is 0.831. The van der Waals surface area contributed by atoms with Crippen LogP contribution in [-0.4, -0.2) is 4.98 Å². The Morgan fingerprint density at radius 1 is 1.25 bits per heavy atom. The molecule has 84 valence electrons. The van der Waals surface area contributed by atoms with Gasteiger partial charge in [-0.2, -0.15) is 0 Å². The summed E-state index contributed by atoms with van der Waals surface area (Å²) in [4.78, 5) is 5.53. The van der Waals surface area contributed by atoms with E-state index in [1.165, 1.54) is 4.88 Å². The third-order valence-electron chi connectivity index (χ3n) is 2.25. The summed E-state index contributed by atoms with van der Waals surface area (Å²) in [5.74, 6) is 0.833. The number of nitrogens with two attached hydrogens (primary N) is 1. The number of rotatable bonds is 3. The molecule has 0 aliphatic carbocycles. The molecule has 0 unspecified atom stereocenters. The first kappa shape index (κ1) is 11.0. The summed E-state index contributed by atoms with van der Waals surface area (Å²) < 4.78 is 5.66. The largest absolute Gasteiger partial charge is 0.488 e. The van der Waals surface area contributed by atoms with Gasteiger partial charge in [0, 0.05) is 5.69 Å². The highest BCUT2D eigenvalue weighted by atomic mass is 32.1. The van der Waals surface area contributed by atoms with Crippen LogP contribution in [0.3, 0.4) is 0 Å². The van der Waals surface area contributed by atoms with E-state index in [1.54, 1.807) is 11.3 Å². The van der Waals surface area contributed by atoms with Crippen LogP contribution in [0, 0.1) is 13.8 Å². The molecule has 2 aromatic rings. The Morgan fingerprint density at radius 3 is 2.50 bits per heavy atom. The van der Waals surface area contributed by atoms with Crippen LogP contribution in [-0.2, 0) is 6.61 Å². The topological polar surface area (TPSA) is 48.1 Å². The molecular weight excluding hydrogens is 220 g/mol. The Hall–Kier alpha value is -1.55. The van der Waals surface area contributed by atoms with E-state index in [-0.39, 0.29) is 0 Å². The minimum Gasteiger partial charge on any atom is -0.488 e. The first-order valence-electron chi connectivity index (χ1n) is 5.06. The highest BCUT2D eigenvalue weighted by Crippen LogP contribution is 2.20. The normalized spacial score (nSPS) is 10.4. The van der Waals surface area contributed by atoms with Crippen molar-refractivity contribution in [1.29, 1.82) is 0 Å². The summed E-state index contributed by atoms with van der Waals surface area (Å²) in [7, 11) is 0. The predicted molar refractivity (Wildman–Crippen MR) is 66.8 cm³/mol. The van der Waals surface area contributed by atoms with E-state index >= 15 is 0 Å². The molecule has 1 heterocycles. The Labute approximate surface area is 98.9 Å². The maximum Gasteiger partial charge on any atom is 0.124 e. The molecule has 0 atom stereocenters. The number of aryl methyl sites for hydroxylation is 2. The summed E-state index contributed by atoms with van der Waals surface area (Å²) in [6.07, 6.45) is 0. The van der Waals surface area contributed by atoms with Crippen LogP contribution in [0.5, 0.6) is 5.75 Å². The molecule has 0 spiro atoms. The summed E-state index contributed by atoms with van der Waals surface area (Å²) >= 11 is 1.68. The lowest BCUT2D eigenvalue weighted by atomic mass is 10.3. The SMILES string of the molecule is Cc1nc(C)c(COc2ccc(N)cc2)s1. The van der Waals surface area contributed by atoms with Crippen LogP contribution in [0.25, 0.3) is 0 Å². The fourth-order valence-corrected chi connectivity index (χ4v) is 2.27. The van der Waals surface area contributed by atoms with Crippen molar-refractivity contribution in [2.75, 3.05) is 5.73 Å². The van der Waals surface area contributed by atoms with Crippen LogP contribution in [0.15, 0.2) is 24.3 Å². The average Bonchev–Trinajstić information content (AvgIpc) is 2.57. The average molecular weight is 234 g/mol. The fraction of sp³-hybridized carbons (Fsp3) is 0.250. The maximum atomic E-state index is 5.66. The van der Waals surface area contributed by atoms with Gasteiger partial charge in [-0.3, -0.25) is 0 Å². The summed E-state index contributed by atoms with van der Waals surface area (Å²) in [6.45, 7) is 4.58. The number of aromatic nitrogens is 1. The Balaban J connectivity index is 2.02. The van der Waals surface area contributed by atoms with Gasteiger partial charge in [0.05, 0.1) is 15.6 Å². The van der Waals surface area contributed by atoms with Crippen LogP contribution in [0.4, 0.5) is 5.69 Å². The summed E-state index contributed by atoms with van der Waals surface area (Å²) in [6, 6.07) is 7.41. The summed E-state index contributed by atoms with van der Waals surface area (Å²) in [5, 5.41) is 1.08. The van der Waals surface area contributed by atoms with Crippen molar-refractivity contribution in [1.82, 2.24) is 4.98 Å². The standard InChI is InChI=1S/C12H14N2OS/c1-8-12(16-9(2)14-8)7-15-11-5-3-10(13)4-6-11/h3-6H,7,13H2,1-2H3. The summed E-state index contributed by atoms with van der Waals surface area (Å²) in [5.41, 5.74) is 7.40. The maximum absolute atomic E-state index is 5.66.